The van der Waals surface area contributed by atoms with Gasteiger partial charge in [0, 0.05) is 34.7 Å². The van der Waals surface area contributed by atoms with Crippen LogP contribution < -0.4 is 5.32 Å². The third kappa shape index (κ3) is 5.26. The van der Waals surface area contributed by atoms with Crippen LogP contribution >= 0.6 is 23.2 Å². The van der Waals surface area contributed by atoms with Crippen LogP contribution in [0.4, 0.5) is 5.69 Å². The molecule has 1 N–H and O–H groups in total. The van der Waals surface area contributed by atoms with Gasteiger partial charge < -0.3 is 5.32 Å². The summed E-state index contributed by atoms with van der Waals surface area (Å²) in [4.78, 5) is 12.6. The molecule has 2 aromatic carbocycles. The Bertz CT molecular complexity index is 954. The first-order chi connectivity index (χ1) is 13.2. The summed E-state index contributed by atoms with van der Waals surface area (Å²) in [5.74, 6) is -0.359. The van der Waals surface area contributed by atoms with E-state index in [9.17, 15) is 13.2 Å². The number of anilines is 1. The number of halogens is 2. The van der Waals surface area contributed by atoms with E-state index in [1.807, 2.05) is 6.92 Å². The quantitative estimate of drug-likeness (QED) is 0.744. The van der Waals surface area contributed by atoms with Gasteiger partial charge in [0.15, 0.2) is 0 Å². The van der Waals surface area contributed by atoms with Crippen LogP contribution in [0.5, 0.6) is 0 Å². The Morgan fingerprint density at radius 1 is 1.07 bits per heavy atom. The molecule has 1 heterocycles. The van der Waals surface area contributed by atoms with Crippen molar-refractivity contribution >= 4 is 44.8 Å². The molecule has 5 nitrogen and oxygen atoms in total. The van der Waals surface area contributed by atoms with Crippen LogP contribution in [0.25, 0.3) is 0 Å². The second-order valence-electron chi connectivity index (χ2n) is 7.00. The number of carbonyl (C=O) groups excluding carboxylic acids is 1. The molecule has 1 amide bonds. The normalized spacial score (nSPS) is 16.1. The molecule has 0 unspecified atom stereocenters. The zero-order valence-corrected chi connectivity index (χ0v) is 17.8. The average molecular weight is 441 g/mol. The SMILES string of the molecule is Cc1cc(Cl)ccc1NC(=O)C1CCN(S(=O)(=O)Cc2ccc(Cl)cc2)CC1. The Kier molecular flexibility index (Phi) is 6.65. The highest BCUT2D eigenvalue weighted by atomic mass is 35.5. The Morgan fingerprint density at radius 3 is 2.29 bits per heavy atom. The van der Waals surface area contributed by atoms with Crippen molar-refractivity contribution in [1.29, 1.82) is 0 Å². The van der Waals surface area contributed by atoms with E-state index in [4.69, 9.17) is 23.2 Å². The number of benzene rings is 2. The van der Waals surface area contributed by atoms with Gasteiger partial charge in [-0.15, -0.1) is 0 Å². The summed E-state index contributed by atoms with van der Waals surface area (Å²) in [7, 11) is -3.42. The minimum atomic E-state index is -3.42. The molecule has 2 aromatic rings. The maximum Gasteiger partial charge on any atom is 0.227 e. The highest BCUT2D eigenvalue weighted by Crippen LogP contribution is 2.25. The number of nitrogens with zero attached hydrogens (tertiary/aromatic N) is 1. The summed E-state index contributed by atoms with van der Waals surface area (Å²) in [6.07, 6.45) is 0.997. The lowest BCUT2D eigenvalue weighted by Crippen LogP contribution is -2.41. The van der Waals surface area contributed by atoms with Gasteiger partial charge >= 0.3 is 0 Å². The highest BCUT2D eigenvalue weighted by Gasteiger charge is 2.31. The average Bonchev–Trinajstić information content (AvgIpc) is 2.66. The number of carbonyl (C=O) groups is 1. The maximum absolute atomic E-state index is 12.7. The van der Waals surface area contributed by atoms with E-state index >= 15 is 0 Å². The molecular formula is C20H22Cl2N2O3S. The van der Waals surface area contributed by atoms with Crippen molar-refractivity contribution in [3.63, 3.8) is 0 Å². The van der Waals surface area contributed by atoms with Gasteiger partial charge in [0.05, 0.1) is 5.75 Å². The zero-order chi connectivity index (χ0) is 20.3. The van der Waals surface area contributed by atoms with Gasteiger partial charge in [0.2, 0.25) is 15.9 Å². The fraction of sp³-hybridized carbons (Fsp3) is 0.350. The molecule has 1 aliphatic heterocycles. The predicted molar refractivity (Wildman–Crippen MR) is 113 cm³/mol. The molecule has 1 saturated heterocycles. The van der Waals surface area contributed by atoms with E-state index in [1.165, 1.54) is 4.31 Å². The number of nitrogens with one attached hydrogen (secondary N) is 1. The van der Waals surface area contributed by atoms with Crippen LogP contribution in [0.1, 0.15) is 24.0 Å². The minimum Gasteiger partial charge on any atom is -0.326 e. The zero-order valence-electron chi connectivity index (χ0n) is 15.5. The summed E-state index contributed by atoms with van der Waals surface area (Å²) < 4.78 is 26.8. The minimum absolute atomic E-state index is 0.0645. The molecule has 1 aliphatic rings. The van der Waals surface area contributed by atoms with Crippen molar-refractivity contribution in [3.8, 4) is 0 Å². The lowest BCUT2D eigenvalue weighted by atomic mass is 9.97. The van der Waals surface area contributed by atoms with Crippen molar-refractivity contribution in [2.75, 3.05) is 18.4 Å². The third-order valence-corrected chi connectivity index (χ3v) is 7.26. The second kappa shape index (κ2) is 8.82. The number of piperidine rings is 1. The predicted octanol–water partition coefficient (Wildman–Crippen LogP) is 4.48. The van der Waals surface area contributed by atoms with Crippen molar-refractivity contribution < 1.29 is 13.2 Å². The molecule has 28 heavy (non-hydrogen) atoms. The van der Waals surface area contributed by atoms with Crippen molar-refractivity contribution in [2.24, 2.45) is 5.92 Å². The third-order valence-electron chi connectivity index (χ3n) is 4.93. The Labute approximate surface area is 175 Å². The summed E-state index contributed by atoms with van der Waals surface area (Å²) in [6, 6.07) is 12.1. The van der Waals surface area contributed by atoms with Crippen LogP contribution in [0.2, 0.25) is 10.0 Å². The molecule has 0 saturated carbocycles. The molecule has 0 radical (unpaired) electrons. The summed E-state index contributed by atoms with van der Waals surface area (Å²) >= 11 is 11.8. The van der Waals surface area contributed by atoms with Gasteiger partial charge in [-0.2, -0.15) is 0 Å². The van der Waals surface area contributed by atoms with Crippen LogP contribution in [0, 0.1) is 12.8 Å². The Hall–Kier alpha value is -1.60. The first-order valence-electron chi connectivity index (χ1n) is 9.04. The first kappa shape index (κ1) is 21.1. The highest BCUT2D eigenvalue weighted by molar-refractivity contribution is 7.88. The summed E-state index contributed by atoms with van der Waals surface area (Å²) in [5.41, 5.74) is 2.32. The number of rotatable bonds is 5. The van der Waals surface area contributed by atoms with Crippen molar-refractivity contribution in [2.45, 2.75) is 25.5 Å². The molecule has 0 atom stereocenters. The van der Waals surface area contributed by atoms with E-state index in [1.54, 1.807) is 42.5 Å². The molecule has 8 heteroatoms. The van der Waals surface area contributed by atoms with Gasteiger partial charge in [-0.3, -0.25) is 4.79 Å². The van der Waals surface area contributed by atoms with Crippen LogP contribution in [-0.4, -0.2) is 31.7 Å². The van der Waals surface area contributed by atoms with Crippen LogP contribution in [-0.2, 0) is 20.6 Å². The fourth-order valence-corrected chi connectivity index (χ4v) is 5.20. The Balaban J connectivity index is 1.57. The number of hydrogen-bond donors (Lipinski definition) is 1. The lowest BCUT2D eigenvalue weighted by Gasteiger charge is -2.30. The molecule has 1 fully saturated rings. The van der Waals surface area contributed by atoms with Gasteiger partial charge in [0.25, 0.3) is 0 Å². The van der Waals surface area contributed by atoms with E-state index in [0.717, 1.165) is 11.3 Å². The summed E-state index contributed by atoms with van der Waals surface area (Å²) in [5, 5.41) is 4.12. The van der Waals surface area contributed by atoms with E-state index < -0.39 is 10.0 Å². The topological polar surface area (TPSA) is 66.5 Å². The maximum atomic E-state index is 12.7. The molecule has 0 aromatic heterocycles. The molecular weight excluding hydrogens is 419 g/mol. The van der Waals surface area contributed by atoms with E-state index in [-0.39, 0.29) is 17.6 Å². The smallest absolute Gasteiger partial charge is 0.227 e. The van der Waals surface area contributed by atoms with Crippen LogP contribution in [0.15, 0.2) is 42.5 Å². The summed E-state index contributed by atoms with van der Waals surface area (Å²) in [6.45, 7) is 2.56. The van der Waals surface area contributed by atoms with E-state index in [0.29, 0.717) is 41.5 Å². The number of sulfonamides is 1. The number of aryl methyl sites for hydroxylation is 1. The molecule has 0 bridgehead atoms. The Morgan fingerprint density at radius 2 is 1.68 bits per heavy atom. The van der Waals surface area contributed by atoms with Gasteiger partial charge in [0.1, 0.15) is 0 Å². The molecule has 150 valence electrons. The second-order valence-corrected chi connectivity index (χ2v) is 9.85. The molecule has 0 aliphatic carbocycles. The standard InChI is InChI=1S/C20H22Cl2N2O3S/c1-14-12-18(22)6-7-19(14)23-20(25)16-8-10-24(11-9-16)28(26,27)13-15-2-4-17(21)5-3-15/h2-7,12,16H,8-11,13H2,1H3,(H,23,25). The van der Waals surface area contributed by atoms with Crippen molar-refractivity contribution in [3.05, 3.63) is 63.6 Å². The van der Waals surface area contributed by atoms with E-state index in [2.05, 4.69) is 5.32 Å². The van der Waals surface area contributed by atoms with Gasteiger partial charge in [-0.25, -0.2) is 12.7 Å². The number of hydrogen-bond acceptors (Lipinski definition) is 3. The fourth-order valence-electron chi connectivity index (χ4n) is 3.28. The first-order valence-corrected chi connectivity index (χ1v) is 11.4. The van der Waals surface area contributed by atoms with Gasteiger partial charge in [-0.05, 0) is 61.2 Å². The number of amides is 1. The molecule has 0 spiro atoms. The van der Waals surface area contributed by atoms with Crippen molar-refractivity contribution in [1.82, 2.24) is 4.31 Å². The lowest BCUT2D eigenvalue weighted by molar-refractivity contribution is -0.120. The van der Waals surface area contributed by atoms with Crippen LogP contribution in [0.3, 0.4) is 0 Å². The molecule has 3 rings (SSSR count). The monoisotopic (exact) mass is 440 g/mol. The van der Waals surface area contributed by atoms with Gasteiger partial charge in [-0.1, -0.05) is 35.3 Å². The largest absolute Gasteiger partial charge is 0.326 e.